The van der Waals surface area contributed by atoms with Crippen LogP contribution in [0.2, 0.25) is 20.1 Å². The fourth-order valence-corrected chi connectivity index (χ4v) is 7.01. The highest BCUT2D eigenvalue weighted by Gasteiger charge is 2.36. The van der Waals surface area contributed by atoms with Crippen LogP contribution in [0.5, 0.6) is 0 Å². The summed E-state index contributed by atoms with van der Waals surface area (Å²) < 4.78 is 29.4. The number of hydrogen-bond donors (Lipinski definition) is 1. The van der Waals surface area contributed by atoms with E-state index < -0.39 is 40.0 Å². The predicted molar refractivity (Wildman–Crippen MR) is 191 cm³/mol. The SMILES string of the molecule is Cc1ccc(S(=O)(=O)N(CC(=O)N(Cc2ccc(Cl)cc2Cl)[C@H](Cc2ccccc2)C(=O)NC(C)(C)C)c2ccc(Cl)c(Cl)c2)cc1. The standard InChI is InChI=1S/C35H35Cl4N3O4S/c1-23-10-15-28(16-11-23)47(45,46)42(27-14-17-29(37)31(39)20-27)22-33(43)41(21-25-12-13-26(36)19-30(25)38)32(34(44)40-35(2,3)4)18-24-8-6-5-7-9-24/h5-17,19-20,32H,18,21-22H2,1-4H3,(H,40,44)/t32-/m1/s1. The quantitative estimate of drug-likeness (QED) is 0.168. The third-order valence-electron chi connectivity index (χ3n) is 7.20. The highest BCUT2D eigenvalue weighted by Crippen LogP contribution is 2.31. The highest BCUT2D eigenvalue weighted by atomic mass is 35.5. The molecule has 4 aromatic rings. The van der Waals surface area contributed by atoms with Crippen LogP contribution in [-0.4, -0.2) is 43.3 Å². The maximum Gasteiger partial charge on any atom is 0.264 e. The zero-order valence-corrected chi connectivity index (χ0v) is 30.1. The van der Waals surface area contributed by atoms with Gasteiger partial charge >= 0.3 is 0 Å². The maximum atomic E-state index is 14.6. The first kappa shape index (κ1) is 36.6. The van der Waals surface area contributed by atoms with Gasteiger partial charge in [0.05, 0.1) is 20.6 Å². The third-order valence-corrected chi connectivity index (χ3v) is 10.3. The number of rotatable bonds is 11. The third kappa shape index (κ3) is 9.64. The van der Waals surface area contributed by atoms with Crippen molar-refractivity contribution in [1.29, 1.82) is 0 Å². The second-order valence-electron chi connectivity index (χ2n) is 12.1. The summed E-state index contributed by atoms with van der Waals surface area (Å²) in [7, 11) is -4.31. The molecular formula is C35H35Cl4N3O4S. The lowest BCUT2D eigenvalue weighted by Crippen LogP contribution is -2.56. The van der Waals surface area contributed by atoms with Gasteiger partial charge in [-0.3, -0.25) is 13.9 Å². The van der Waals surface area contributed by atoms with Crippen molar-refractivity contribution in [2.75, 3.05) is 10.8 Å². The number of carbonyl (C=O) groups excluding carboxylic acids is 2. The van der Waals surface area contributed by atoms with Crippen molar-refractivity contribution in [3.05, 3.63) is 128 Å². The van der Waals surface area contributed by atoms with Gasteiger partial charge in [0, 0.05) is 28.5 Å². The van der Waals surface area contributed by atoms with E-state index in [0.717, 1.165) is 15.4 Å². The van der Waals surface area contributed by atoms with Gasteiger partial charge in [-0.2, -0.15) is 0 Å². The van der Waals surface area contributed by atoms with Gasteiger partial charge in [0.1, 0.15) is 12.6 Å². The molecule has 0 aliphatic carbocycles. The molecule has 0 heterocycles. The van der Waals surface area contributed by atoms with Gasteiger partial charge in [0.2, 0.25) is 11.8 Å². The number of nitrogens with zero attached hydrogens (tertiary/aromatic N) is 2. The average molecular weight is 736 g/mol. The van der Waals surface area contributed by atoms with E-state index in [-0.39, 0.29) is 33.6 Å². The Morgan fingerprint density at radius 2 is 1.47 bits per heavy atom. The van der Waals surface area contributed by atoms with Gasteiger partial charge < -0.3 is 10.2 Å². The van der Waals surface area contributed by atoms with Crippen molar-refractivity contribution in [3.63, 3.8) is 0 Å². The molecule has 0 spiro atoms. The van der Waals surface area contributed by atoms with Gasteiger partial charge in [-0.15, -0.1) is 0 Å². The van der Waals surface area contributed by atoms with Crippen molar-refractivity contribution in [1.82, 2.24) is 10.2 Å². The predicted octanol–water partition coefficient (Wildman–Crippen LogP) is 8.36. The van der Waals surface area contributed by atoms with E-state index >= 15 is 0 Å². The Balaban J connectivity index is 1.86. The lowest BCUT2D eigenvalue weighted by molar-refractivity contribution is -0.140. The number of amides is 2. The molecule has 0 radical (unpaired) electrons. The van der Waals surface area contributed by atoms with E-state index in [0.29, 0.717) is 15.6 Å². The van der Waals surface area contributed by atoms with E-state index in [1.165, 1.54) is 35.2 Å². The Hall–Kier alpha value is -3.27. The molecule has 4 rings (SSSR count). The second-order valence-corrected chi connectivity index (χ2v) is 15.6. The van der Waals surface area contributed by atoms with Gasteiger partial charge in [-0.1, -0.05) is 100 Å². The molecule has 0 aliphatic rings. The van der Waals surface area contributed by atoms with Crippen molar-refractivity contribution < 1.29 is 18.0 Å². The molecule has 47 heavy (non-hydrogen) atoms. The van der Waals surface area contributed by atoms with Crippen molar-refractivity contribution in [2.45, 2.75) is 57.1 Å². The average Bonchev–Trinajstić information content (AvgIpc) is 2.99. The number of carbonyl (C=O) groups is 2. The van der Waals surface area contributed by atoms with Gasteiger partial charge in [0.15, 0.2) is 0 Å². The van der Waals surface area contributed by atoms with Crippen molar-refractivity contribution >= 4 is 73.9 Å². The molecule has 0 aromatic heterocycles. The zero-order chi connectivity index (χ0) is 34.5. The van der Waals surface area contributed by atoms with Gasteiger partial charge in [-0.25, -0.2) is 8.42 Å². The number of halogens is 4. The van der Waals surface area contributed by atoms with Crippen molar-refractivity contribution in [3.8, 4) is 0 Å². The molecule has 4 aromatic carbocycles. The van der Waals surface area contributed by atoms with Crippen LogP contribution in [0.3, 0.4) is 0 Å². The van der Waals surface area contributed by atoms with Crippen LogP contribution in [0.15, 0.2) is 95.9 Å². The number of nitrogens with one attached hydrogen (secondary N) is 1. The number of sulfonamides is 1. The monoisotopic (exact) mass is 733 g/mol. The van der Waals surface area contributed by atoms with E-state index in [1.807, 2.05) is 58.0 Å². The van der Waals surface area contributed by atoms with E-state index in [1.54, 1.807) is 30.3 Å². The first-order chi connectivity index (χ1) is 22.0. The zero-order valence-electron chi connectivity index (χ0n) is 26.3. The molecule has 7 nitrogen and oxygen atoms in total. The Kier molecular flexibility index (Phi) is 11.9. The number of aryl methyl sites for hydroxylation is 1. The molecule has 0 bridgehead atoms. The van der Waals surface area contributed by atoms with E-state index in [2.05, 4.69) is 5.32 Å². The summed E-state index contributed by atoms with van der Waals surface area (Å²) in [4.78, 5) is 29.9. The molecule has 0 saturated carbocycles. The number of anilines is 1. The Bertz CT molecular complexity index is 1850. The maximum absolute atomic E-state index is 14.6. The molecule has 12 heteroatoms. The summed E-state index contributed by atoms with van der Waals surface area (Å²) in [6, 6.07) is 23.7. The molecule has 2 amide bonds. The van der Waals surface area contributed by atoms with E-state index in [4.69, 9.17) is 46.4 Å². The Labute approximate surface area is 296 Å². The van der Waals surface area contributed by atoms with E-state index in [9.17, 15) is 18.0 Å². The van der Waals surface area contributed by atoms with Crippen LogP contribution in [0, 0.1) is 6.92 Å². The minimum Gasteiger partial charge on any atom is -0.350 e. The summed E-state index contributed by atoms with van der Waals surface area (Å²) in [6.07, 6.45) is 0.150. The topological polar surface area (TPSA) is 86.8 Å². The molecule has 1 atom stereocenters. The summed E-state index contributed by atoms with van der Waals surface area (Å²) in [5.74, 6) is -1.06. The van der Waals surface area contributed by atoms with Crippen LogP contribution in [0.4, 0.5) is 5.69 Å². The fraction of sp³-hybridized carbons (Fsp3) is 0.257. The molecule has 248 valence electrons. The normalized spacial score (nSPS) is 12.3. The minimum atomic E-state index is -4.31. The van der Waals surface area contributed by atoms with Gasteiger partial charge in [0.25, 0.3) is 10.0 Å². The van der Waals surface area contributed by atoms with Crippen LogP contribution < -0.4 is 9.62 Å². The van der Waals surface area contributed by atoms with Crippen molar-refractivity contribution in [2.24, 2.45) is 0 Å². The molecule has 1 N–H and O–H groups in total. The van der Waals surface area contributed by atoms with Crippen LogP contribution >= 0.6 is 46.4 Å². The summed E-state index contributed by atoms with van der Waals surface area (Å²) >= 11 is 25.2. The molecule has 0 aliphatic heterocycles. The van der Waals surface area contributed by atoms with Crippen LogP contribution in [0.25, 0.3) is 0 Å². The summed E-state index contributed by atoms with van der Waals surface area (Å²) in [6.45, 7) is 6.59. The fourth-order valence-electron chi connectivity index (χ4n) is 4.85. The summed E-state index contributed by atoms with van der Waals surface area (Å²) in [5, 5.41) is 4.01. The number of benzene rings is 4. The largest absolute Gasteiger partial charge is 0.350 e. The molecule has 0 unspecified atom stereocenters. The minimum absolute atomic E-state index is 0.0272. The smallest absolute Gasteiger partial charge is 0.264 e. The Morgan fingerprint density at radius 3 is 2.06 bits per heavy atom. The Morgan fingerprint density at radius 1 is 0.809 bits per heavy atom. The molecule has 0 saturated heterocycles. The first-order valence-electron chi connectivity index (χ1n) is 14.7. The lowest BCUT2D eigenvalue weighted by Gasteiger charge is -2.35. The van der Waals surface area contributed by atoms with Gasteiger partial charge in [-0.05, 0) is 81.3 Å². The first-order valence-corrected chi connectivity index (χ1v) is 17.6. The molecular weight excluding hydrogens is 700 g/mol. The summed E-state index contributed by atoms with van der Waals surface area (Å²) in [5.41, 5.74) is 1.68. The lowest BCUT2D eigenvalue weighted by atomic mass is 10.0. The second kappa shape index (κ2) is 15.3. The number of hydrogen-bond acceptors (Lipinski definition) is 4. The van der Waals surface area contributed by atoms with Crippen LogP contribution in [0.1, 0.15) is 37.5 Å². The molecule has 0 fully saturated rings. The van der Waals surface area contributed by atoms with Crippen LogP contribution in [-0.2, 0) is 32.6 Å². The highest BCUT2D eigenvalue weighted by molar-refractivity contribution is 7.92.